The van der Waals surface area contributed by atoms with Crippen LogP contribution in [0.3, 0.4) is 0 Å². The molecule has 0 spiro atoms. The van der Waals surface area contributed by atoms with Gasteiger partial charge in [0, 0.05) is 11.8 Å². The summed E-state index contributed by atoms with van der Waals surface area (Å²) < 4.78 is 13.3. The van der Waals surface area contributed by atoms with Crippen LogP contribution in [0.2, 0.25) is 5.02 Å². The molecule has 1 aliphatic carbocycles. The normalized spacial score (nSPS) is 13.9. The molecule has 0 radical (unpaired) electrons. The van der Waals surface area contributed by atoms with Crippen LogP contribution >= 0.6 is 11.6 Å². The molecule has 0 amide bonds. The average Bonchev–Trinajstić information content (AvgIpc) is 3.39. The van der Waals surface area contributed by atoms with E-state index in [-0.39, 0.29) is 16.5 Å². The van der Waals surface area contributed by atoms with Crippen LogP contribution in [0.25, 0.3) is 11.2 Å². The summed E-state index contributed by atoms with van der Waals surface area (Å²) in [7, 11) is 0. The highest BCUT2D eigenvalue weighted by molar-refractivity contribution is 6.31. The van der Waals surface area contributed by atoms with Crippen LogP contribution in [0.5, 0.6) is 0 Å². The Balaban J connectivity index is 1.58. The van der Waals surface area contributed by atoms with E-state index in [0.29, 0.717) is 34.2 Å². The van der Waals surface area contributed by atoms with Crippen molar-refractivity contribution in [3.63, 3.8) is 0 Å². The number of hydrogen-bond acceptors (Lipinski definition) is 5. The maximum absolute atomic E-state index is 13.3. The van der Waals surface area contributed by atoms with E-state index in [4.69, 9.17) is 17.0 Å². The number of imidazole rings is 1. The summed E-state index contributed by atoms with van der Waals surface area (Å²) in [5.74, 6) is 0.684. The molecule has 2 heterocycles. The second-order valence-electron chi connectivity index (χ2n) is 6.57. The van der Waals surface area contributed by atoms with Crippen LogP contribution in [0.1, 0.15) is 24.2 Å². The fourth-order valence-electron chi connectivity index (χ4n) is 2.82. The minimum atomic E-state index is -0.594. The van der Waals surface area contributed by atoms with Crippen LogP contribution in [-0.4, -0.2) is 32.5 Å². The third-order valence-electron chi connectivity index (χ3n) is 4.48. The first-order valence-corrected chi connectivity index (χ1v) is 8.98. The number of benzene rings is 1. The predicted octanol–water partition coefficient (Wildman–Crippen LogP) is 3.47. The molecule has 0 unspecified atom stereocenters. The minimum absolute atomic E-state index is 0.134. The summed E-state index contributed by atoms with van der Waals surface area (Å²) in [5.41, 5.74) is 1.62. The van der Waals surface area contributed by atoms with Gasteiger partial charge in [-0.25, -0.2) is 19.4 Å². The van der Waals surface area contributed by atoms with Gasteiger partial charge in [0.1, 0.15) is 11.6 Å². The third kappa shape index (κ3) is 3.78. The average molecular weight is 389 g/mol. The van der Waals surface area contributed by atoms with Crippen LogP contribution in [0.4, 0.5) is 10.1 Å². The molecule has 0 saturated heterocycles. The molecule has 0 atom stereocenters. The van der Waals surface area contributed by atoms with E-state index in [0.717, 1.165) is 18.5 Å². The predicted molar refractivity (Wildman–Crippen MR) is 101 cm³/mol. The van der Waals surface area contributed by atoms with Crippen molar-refractivity contribution in [1.29, 1.82) is 5.41 Å². The molecule has 9 heteroatoms. The molecule has 0 bridgehead atoms. The monoisotopic (exact) mass is 388 g/mol. The van der Waals surface area contributed by atoms with Gasteiger partial charge < -0.3 is 10.3 Å². The molecule has 1 aliphatic rings. The molecule has 7 nitrogen and oxygen atoms in total. The van der Waals surface area contributed by atoms with Gasteiger partial charge in [0.15, 0.2) is 11.5 Å². The number of fused-ring (bicyclic) bond motifs is 1. The zero-order valence-corrected chi connectivity index (χ0v) is 15.1. The van der Waals surface area contributed by atoms with Gasteiger partial charge in [-0.3, -0.25) is 10.6 Å². The van der Waals surface area contributed by atoms with Gasteiger partial charge in [-0.15, -0.1) is 0 Å². The molecular formula is C18H18ClFN6O. The van der Waals surface area contributed by atoms with Gasteiger partial charge in [-0.2, -0.15) is 0 Å². The molecule has 140 valence electrons. The Hall–Kier alpha value is -2.55. The standard InChI is InChI=1S/C18H18ClFN6O/c19-13-7-11(3-4-14(13)20)26(27)17(21)12-5-6-23-18-16(12)24-15(25-18)9-22-8-10-1-2-10/h3-7,10,21-22,27H,1-2,8-9H2,(H,23,24,25). The van der Waals surface area contributed by atoms with E-state index in [1.807, 2.05) is 0 Å². The van der Waals surface area contributed by atoms with Crippen molar-refractivity contribution >= 4 is 34.3 Å². The number of rotatable bonds is 6. The number of aromatic nitrogens is 3. The first-order chi connectivity index (χ1) is 13.0. The summed E-state index contributed by atoms with van der Waals surface area (Å²) >= 11 is 5.77. The Morgan fingerprint density at radius 1 is 1.41 bits per heavy atom. The van der Waals surface area contributed by atoms with E-state index in [2.05, 4.69) is 20.3 Å². The molecule has 1 fully saturated rings. The molecule has 27 heavy (non-hydrogen) atoms. The van der Waals surface area contributed by atoms with Crippen LogP contribution in [0.15, 0.2) is 30.5 Å². The van der Waals surface area contributed by atoms with Gasteiger partial charge >= 0.3 is 0 Å². The summed E-state index contributed by atoms with van der Waals surface area (Å²) in [6.07, 6.45) is 4.07. The van der Waals surface area contributed by atoms with Crippen LogP contribution in [0, 0.1) is 17.1 Å². The molecular weight excluding hydrogens is 371 g/mol. The van der Waals surface area contributed by atoms with Crippen molar-refractivity contribution in [3.05, 3.63) is 52.7 Å². The van der Waals surface area contributed by atoms with Gasteiger partial charge in [-0.1, -0.05) is 11.6 Å². The number of H-pyrrole nitrogens is 1. The van der Waals surface area contributed by atoms with Gasteiger partial charge in [0.2, 0.25) is 0 Å². The fraction of sp³-hybridized carbons (Fsp3) is 0.278. The number of hydroxylamine groups is 1. The third-order valence-corrected chi connectivity index (χ3v) is 4.77. The quantitative estimate of drug-likeness (QED) is 0.294. The minimum Gasteiger partial charge on any atom is -0.339 e. The lowest BCUT2D eigenvalue weighted by atomic mass is 10.2. The first kappa shape index (κ1) is 17.8. The molecule has 4 rings (SSSR count). The number of amidine groups is 1. The van der Waals surface area contributed by atoms with Crippen molar-refractivity contribution in [2.24, 2.45) is 5.92 Å². The largest absolute Gasteiger partial charge is 0.339 e. The highest BCUT2D eigenvalue weighted by Gasteiger charge is 2.21. The number of aromatic amines is 1. The Labute approximate surface area is 159 Å². The topological polar surface area (TPSA) is 101 Å². The van der Waals surface area contributed by atoms with E-state index >= 15 is 0 Å². The van der Waals surface area contributed by atoms with Crippen molar-refractivity contribution in [1.82, 2.24) is 20.3 Å². The molecule has 3 aromatic rings. The number of nitrogens with one attached hydrogen (secondary N) is 3. The van der Waals surface area contributed by atoms with Crippen molar-refractivity contribution in [3.8, 4) is 0 Å². The lowest BCUT2D eigenvalue weighted by Crippen LogP contribution is -2.27. The molecule has 0 aliphatic heterocycles. The van der Waals surface area contributed by atoms with E-state index in [9.17, 15) is 9.60 Å². The highest BCUT2D eigenvalue weighted by Crippen LogP contribution is 2.28. The van der Waals surface area contributed by atoms with Crippen LogP contribution in [-0.2, 0) is 6.54 Å². The SMILES string of the molecule is N=C(c1ccnc2nc(CNCC3CC3)[nH]c12)N(O)c1ccc(F)c(Cl)c1. The van der Waals surface area contributed by atoms with E-state index in [1.165, 1.54) is 31.2 Å². The second-order valence-corrected chi connectivity index (χ2v) is 6.98. The molecule has 1 saturated carbocycles. The number of nitrogens with zero attached hydrogens (tertiary/aromatic N) is 3. The van der Waals surface area contributed by atoms with Crippen molar-refractivity contribution in [2.45, 2.75) is 19.4 Å². The summed E-state index contributed by atoms with van der Waals surface area (Å²) in [6.45, 7) is 1.54. The fourth-order valence-corrected chi connectivity index (χ4v) is 2.99. The smallest absolute Gasteiger partial charge is 0.178 e. The summed E-state index contributed by atoms with van der Waals surface area (Å²) in [6, 6.07) is 5.34. The first-order valence-electron chi connectivity index (χ1n) is 8.60. The number of pyridine rings is 1. The van der Waals surface area contributed by atoms with E-state index < -0.39 is 5.82 Å². The van der Waals surface area contributed by atoms with Crippen molar-refractivity contribution in [2.75, 3.05) is 11.6 Å². The zero-order chi connectivity index (χ0) is 19.0. The Kier molecular flexibility index (Phi) is 4.77. The number of anilines is 1. The summed E-state index contributed by atoms with van der Waals surface area (Å²) in [5, 5.41) is 22.6. The van der Waals surface area contributed by atoms with Crippen LogP contribution < -0.4 is 10.4 Å². The van der Waals surface area contributed by atoms with Gasteiger partial charge in [-0.05, 0) is 49.6 Å². The number of hydrogen-bond donors (Lipinski definition) is 4. The Morgan fingerprint density at radius 2 is 2.22 bits per heavy atom. The second kappa shape index (κ2) is 7.22. The molecule has 1 aromatic carbocycles. The lowest BCUT2D eigenvalue weighted by molar-refractivity contribution is 0.312. The Bertz CT molecular complexity index is 1000. The maximum Gasteiger partial charge on any atom is 0.178 e. The van der Waals surface area contributed by atoms with E-state index in [1.54, 1.807) is 6.07 Å². The Morgan fingerprint density at radius 3 is 2.96 bits per heavy atom. The summed E-state index contributed by atoms with van der Waals surface area (Å²) in [4.78, 5) is 11.8. The lowest BCUT2D eigenvalue weighted by Gasteiger charge is -2.18. The number of halogens is 2. The zero-order valence-electron chi connectivity index (χ0n) is 14.3. The molecule has 4 N–H and O–H groups in total. The van der Waals surface area contributed by atoms with Gasteiger partial charge in [0.05, 0.1) is 22.8 Å². The van der Waals surface area contributed by atoms with Gasteiger partial charge in [0.25, 0.3) is 0 Å². The van der Waals surface area contributed by atoms with Crippen molar-refractivity contribution < 1.29 is 9.60 Å². The highest BCUT2D eigenvalue weighted by atomic mass is 35.5. The maximum atomic E-state index is 13.3. The molecule has 2 aromatic heterocycles.